The molecule has 0 heterocycles. The number of methoxy groups -OCH3 is 1. The molecule has 6 heteroatoms. The number of nitrogens with one attached hydrogen (secondary N) is 3. The van der Waals surface area contributed by atoms with E-state index in [2.05, 4.69) is 16.0 Å². The van der Waals surface area contributed by atoms with Gasteiger partial charge >= 0.3 is 0 Å². The molecule has 0 aromatic heterocycles. The summed E-state index contributed by atoms with van der Waals surface area (Å²) in [6, 6.07) is 0.333. The summed E-state index contributed by atoms with van der Waals surface area (Å²) in [5, 5.41) is 8.82. The lowest BCUT2D eigenvalue weighted by atomic mass is 10.1. The van der Waals surface area contributed by atoms with Crippen LogP contribution in [0.25, 0.3) is 0 Å². The molecule has 1 aliphatic carbocycles. The van der Waals surface area contributed by atoms with Gasteiger partial charge in [-0.05, 0) is 12.8 Å². The zero-order valence-electron chi connectivity index (χ0n) is 13.1. The van der Waals surface area contributed by atoms with E-state index in [9.17, 15) is 9.59 Å². The molecule has 1 aliphatic rings. The summed E-state index contributed by atoms with van der Waals surface area (Å²) >= 11 is 0. The summed E-state index contributed by atoms with van der Waals surface area (Å²) in [5.41, 5.74) is 0. The molecule has 0 saturated heterocycles. The van der Waals surface area contributed by atoms with Crippen LogP contribution in [0, 0.1) is 0 Å². The van der Waals surface area contributed by atoms with Crippen molar-refractivity contribution in [1.82, 2.24) is 16.0 Å². The number of rotatable bonds is 9. The molecule has 0 atom stereocenters. The number of hydrogen-bond acceptors (Lipinski definition) is 4. The van der Waals surface area contributed by atoms with Crippen LogP contribution in [0.3, 0.4) is 0 Å². The van der Waals surface area contributed by atoms with Crippen LogP contribution < -0.4 is 16.0 Å². The maximum Gasteiger partial charge on any atom is 0.234 e. The van der Waals surface area contributed by atoms with Gasteiger partial charge in [0.2, 0.25) is 11.8 Å². The van der Waals surface area contributed by atoms with Crippen LogP contribution in [0.2, 0.25) is 0 Å². The first-order valence-electron chi connectivity index (χ1n) is 7.98. The lowest BCUT2D eigenvalue weighted by Gasteiger charge is -2.16. The summed E-state index contributed by atoms with van der Waals surface area (Å²) in [5.74, 6) is 0.00502. The number of amides is 2. The number of hydrogen-bond donors (Lipinski definition) is 3. The molecule has 0 spiro atoms. The molecule has 3 N–H and O–H groups in total. The largest absolute Gasteiger partial charge is 0.383 e. The predicted molar refractivity (Wildman–Crippen MR) is 82.0 cm³/mol. The minimum absolute atomic E-state index is 0.0243. The van der Waals surface area contributed by atoms with Gasteiger partial charge in [0.05, 0.1) is 13.2 Å². The third-order valence-electron chi connectivity index (χ3n) is 3.66. The Kier molecular flexibility index (Phi) is 9.82. The van der Waals surface area contributed by atoms with Gasteiger partial charge in [-0.1, -0.05) is 25.7 Å². The average Bonchev–Trinajstić information content (AvgIpc) is 2.72. The van der Waals surface area contributed by atoms with Crippen LogP contribution in [0.15, 0.2) is 0 Å². The van der Waals surface area contributed by atoms with Gasteiger partial charge < -0.3 is 20.7 Å². The molecule has 0 aliphatic heterocycles. The molecular weight excluding hydrogens is 270 g/mol. The van der Waals surface area contributed by atoms with Gasteiger partial charge in [0.1, 0.15) is 0 Å². The van der Waals surface area contributed by atoms with Crippen molar-refractivity contribution >= 4 is 11.8 Å². The topological polar surface area (TPSA) is 79.5 Å². The van der Waals surface area contributed by atoms with E-state index >= 15 is 0 Å². The van der Waals surface area contributed by atoms with Crippen LogP contribution in [-0.4, -0.2) is 51.2 Å². The highest BCUT2D eigenvalue weighted by molar-refractivity contribution is 5.78. The van der Waals surface area contributed by atoms with Gasteiger partial charge in [-0.3, -0.25) is 9.59 Å². The zero-order valence-corrected chi connectivity index (χ0v) is 13.1. The van der Waals surface area contributed by atoms with E-state index in [1.165, 1.54) is 25.7 Å². The highest BCUT2D eigenvalue weighted by Gasteiger charge is 2.14. The standard InChI is InChI=1S/C15H29N3O3/c1-21-11-10-17-14(19)8-9-16-12-15(20)18-13-6-4-2-3-5-7-13/h13,16H,2-12H2,1H3,(H,17,19)(H,18,20). The van der Waals surface area contributed by atoms with Crippen molar-refractivity contribution in [3.8, 4) is 0 Å². The Morgan fingerprint density at radius 2 is 1.76 bits per heavy atom. The van der Waals surface area contributed by atoms with E-state index in [4.69, 9.17) is 4.74 Å². The maximum absolute atomic E-state index is 11.8. The fraction of sp³-hybridized carbons (Fsp3) is 0.867. The van der Waals surface area contributed by atoms with Gasteiger partial charge in [0, 0.05) is 32.7 Å². The molecule has 2 amide bonds. The second-order valence-electron chi connectivity index (χ2n) is 5.53. The Morgan fingerprint density at radius 3 is 2.43 bits per heavy atom. The zero-order chi connectivity index (χ0) is 15.3. The Hall–Kier alpha value is -1.14. The molecule has 21 heavy (non-hydrogen) atoms. The third-order valence-corrected chi connectivity index (χ3v) is 3.66. The molecular formula is C15H29N3O3. The Bertz CT molecular complexity index is 303. The van der Waals surface area contributed by atoms with Crippen molar-refractivity contribution in [1.29, 1.82) is 0 Å². The quantitative estimate of drug-likeness (QED) is 0.429. The van der Waals surface area contributed by atoms with E-state index in [-0.39, 0.29) is 18.4 Å². The van der Waals surface area contributed by atoms with Crippen molar-refractivity contribution in [2.75, 3.05) is 33.4 Å². The van der Waals surface area contributed by atoms with Crippen molar-refractivity contribution in [3.05, 3.63) is 0 Å². The number of ether oxygens (including phenoxy) is 1. The Morgan fingerprint density at radius 1 is 1.05 bits per heavy atom. The lowest BCUT2D eigenvalue weighted by molar-refractivity contribution is -0.122. The maximum atomic E-state index is 11.8. The molecule has 0 bridgehead atoms. The number of carbonyl (C=O) groups excluding carboxylic acids is 2. The van der Waals surface area contributed by atoms with Crippen LogP contribution in [0.4, 0.5) is 0 Å². The van der Waals surface area contributed by atoms with Gasteiger partial charge in [-0.25, -0.2) is 0 Å². The monoisotopic (exact) mass is 299 g/mol. The fourth-order valence-corrected chi connectivity index (χ4v) is 2.49. The van der Waals surface area contributed by atoms with E-state index < -0.39 is 0 Å². The minimum Gasteiger partial charge on any atom is -0.383 e. The van der Waals surface area contributed by atoms with Crippen molar-refractivity contribution in [3.63, 3.8) is 0 Å². The molecule has 1 fully saturated rings. The van der Waals surface area contributed by atoms with Gasteiger partial charge in [-0.15, -0.1) is 0 Å². The first kappa shape index (κ1) is 17.9. The molecule has 0 aromatic rings. The van der Waals surface area contributed by atoms with E-state index in [1.807, 2.05) is 0 Å². The van der Waals surface area contributed by atoms with Gasteiger partial charge in [-0.2, -0.15) is 0 Å². The first-order valence-corrected chi connectivity index (χ1v) is 7.98. The summed E-state index contributed by atoms with van der Waals surface area (Å²) in [4.78, 5) is 23.2. The first-order chi connectivity index (χ1) is 10.2. The van der Waals surface area contributed by atoms with Crippen LogP contribution in [0.1, 0.15) is 44.9 Å². The number of carbonyl (C=O) groups is 2. The molecule has 1 rings (SSSR count). The molecule has 0 unspecified atom stereocenters. The third kappa shape index (κ3) is 9.42. The predicted octanol–water partition coefficient (Wildman–Crippen LogP) is 0.568. The van der Waals surface area contributed by atoms with E-state index in [1.54, 1.807) is 7.11 Å². The van der Waals surface area contributed by atoms with Crippen molar-refractivity contribution < 1.29 is 14.3 Å². The lowest BCUT2D eigenvalue weighted by Crippen LogP contribution is -2.41. The van der Waals surface area contributed by atoms with Gasteiger partial charge in [0.15, 0.2) is 0 Å². The minimum atomic E-state index is -0.0243. The Balaban J connectivity index is 2.01. The van der Waals surface area contributed by atoms with Gasteiger partial charge in [0.25, 0.3) is 0 Å². The van der Waals surface area contributed by atoms with E-state index in [0.29, 0.717) is 32.2 Å². The van der Waals surface area contributed by atoms with Crippen LogP contribution in [-0.2, 0) is 14.3 Å². The smallest absolute Gasteiger partial charge is 0.234 e. The SMILES string of the molecule is COCCNC(=O)CCNCC(=O)NC1CCCCCC1. The molecule has 6 nitrogen and oxygen atoms in total. The van der Waals surface area contributed by atoms with Crippen LogP contribution >= 0.6 is 0 Å². The molecule has 0 radical (unpaired) electrons. The second kappa shape index (κ2) is 11.5. The summed E-state index contributed by atoms with van der Waals surface area (Å²) in [7, 11) is 1.60. The van der Waals surface area contributed by atoms with E-state index in [0.717, 1.165) is 12.8 Å². The molecule has 1 saturated carbocycles. The van der Waals surface area contributed by atoms with Crippen molar-refractivity contribution in [2.24, 2.45) is 0 Å². The Labute approximate surface area is 127 Å². The normalized spacial score (nSPS) is 16.2. The summed E-state index contributed by atoms with van der Waals surface area (Å²) in [6.45, 7) is 1.83. The summed E-state index contributed by atoms with van der Waals surface area (Å²) < 4.78 is 4.85. The average molecular weight is 299 g/mol. The second-order valence-corrected chi connectivity index (χ2v) is 5.53. The molecule has 122 valence electrons. The molecule has 0 aromatic carbocycles. The highest BCUT2D eigenvalue weighted by Crippen LogP contribution is 2.16. The van der Waals surface area contributed by atoms with Crippen molar-refractivity contribution in [2.45, 2.75) is 51.0 Å². The fourth-order valence-electron chi connectivity index (χ4n) is 2.49. The highest BCUT2D eigenvalue weighted by atomic mass is 16.5. The van der Waals surface area contributed by atoms with Crippen LogP contribution in [0.5, 0.6) is 0 Å². The summed E-state index contributed by atoms with van der Waals surface area (Å²) in [6.07, 6.45) is 7.54.